The fourth-order valence-corrected chi connectivity index (χ4v) is 3.91. The van der Waals surface area contributed by atoms with Gasteiger partial charge in [0, 0.05) is 35.6 Å². The van der Waals surface area contributed by atoms with Gasteiger partial charge >= 0.3 is 0 Å². The lowest BCUT2D eigenvalue weighted by Gasteiger charge is -2.27. The average molecular weight is 442 g/mol. The van der Waals surface area contributed by atoms with Crippen molar-refractivity contribution in [3.05, 3.63) is 90.0 Å². The van der Waals surface area contributed by atoms with Crippen molar-refractivity contribution in [1.82, 2.24) is 0 Å². The number of carbonyl (C=O) groups is 2. The highest BCUT2D eigenvalue weighted by molar-refractivity contribution is 5.99. The molecule has 1 aliphatic rings. The number of piperidine rings is 1. The number of rotatable bonds is 7. The van der Waals surface area contributed by atoms with E-state index in [2.05, 4.69) is 10.6 Å². The molecule has 0 aromatic heterocycles. The molecule has 7 heteroatoms. The zero-order valence-electron chi connectivity index (χ0n) is 18.3. The zero-order chi connectivity index (χ0) is 23.2. The van der Waals surface area contributed by atoms with Crippen molar-refractivity contribution in [3.63, 3.8) is 0 Å². The van der Waals surface area contributed by atoms with Gasteiger partial charge in [-0.15, -0.1) is 0 Å². The van der Waals surface area contributed by atoms with Crippen molar-refractivity contribution in [1.29, 1.82) is 5.41 Å². The number of nitrogens with two attached hydrogens (primary N) is 1. The largest absolute Gasteiger partial charge is 0.384 e. The molecule has 1 fully saturated rings. The quantitative estimate of drug-likeness (QED) is 0.324. The van der Waals surface area contributed by atoms with Crippen molar-refractivity contribution in [3.8, 4) is 0 Å². The van der Waals surface area contributed by atoms with Gasteiger partial charge in [0.2, 0.25) is 5.91 Å². The Morgan fingerprint density at radius 2 is 1.70 bits per heavy atom. The van der Waals surface area contributed by atoms with Crippen molar-refractivity contribution in [2.75, 3.05) is 22.1 Å². The number of carbonyl (C=O) groups excluding carboxylic acids is 2. The van der Waals surface area contributed by atoms with Crippen LogP contribution in [0, 0.1) is 5.41 Å². The van der Waals surface area contributed by atoms with Crippen LogP contribution >= 0.6 is 0 Å². The molecule has 1 heterocycles. The monoisotopic (exact) mass is 441 g/mol. The summed E-state index contributed by atoms with van der Waals surface area (Å²) in [5, 5.41) is 13.9. The summed E-state index contributed by atoms with van der Waals surface area (Å²) in [6, 6.07) is 23.2. The molecule has 0 aliphatic carbocycles. The smallest absolute Gasteiger partial charge is 0.251 e. The maximum absolute atomic E-state index is 13.3. The van der Waals surface area contributed by atoms with E-state index in [1.54, 1.807) is 23.1 Å². The number of amidine groups is 1. The van der Waals surface area contributed by atoms with Gasteiger partial charge in [-0.05, 0) is 54.8 Å². The van der Waals surface area contributed by atoms with Crippen LogP contribution < -0.4 is 21.3 Å². The molecule has 168 valence electrons. The van der Waals surface area contributed by atoms with Gasteiger partial charge in [0.25, 0.3) is 5.91 Å². The average Bonchev–Trinajstić information content (AvgIpc) is 2.84. The minimum Gasteiger partial charge on any atom is -0.384 e. The normalized spacial score (nSPS) is 14.4. The van der Waals surface area contributed by atoms with E-state index in [1.165, 1.54) is 0 Å². The highest BCUT2D eigenvalue weighted by Gasteiger charge is 2.22. The summed E-state index contributed by atoms with van der Waals surface area (Å²) in [5.74, 6) is -0.123. The van der Waals surface area contributed by atoms with Gasteiger partial charge < -0.3 is 21.3 Å². The third-order valence-corrected chi connectivity index (χ3v) is 5.65. The Morgan fingerprint density at radius 1 is 0.939 bits per heavy atom. The number of nitrogens with zero attached hydrogens (tertiary/aromatic N) is 1. The van der Waals surface area contributed by atoms with Gasteiger partial charge in [-0.1, -0.05) is 42.5 Å². The van der Waals surface area contributed by atoms with E-state index in [4.69, 9.17) is 11.1 Å². The van der Waals surface area contributed by atoms with Crippen LogP contribution in [0.25, 0.3) is 0 Å². The predicted octanol–water partition coefficient (Wildman–Crippen LogP) is 4.28. The summed E-state index contributed by atoms with van der Waals surface area (Å²) in [7, 11) is 0. The fourth-order valence-electron chi connectivity index (χ4n) is 3.91. The van der Waals surface area contributed by atoms with Crippen LogP contribution in [0.2, 0.25) is 0 Å². The molecule has 1 atom stereocenters. The fraction of sp³-hybridized carbons (Fsp3) is 0.192. The Kier molecular flexibility index (Phi) is 6.69. The summed E-state index contributed by atoms with van der Waals surface area (Å²) in [6.07, 6.45) is 2.51. The van der Waals surface area contributed by atoms with Gasteiger partial charge in [0.15, 0.2) is 0 Å². The molecule has 5 N–H and O–H groups in total. The second-order valence-electron chi connectivity index (χ2n) is 8.02. The molecule has 0 radical (unpaired) electrons. The summed E-state index contributed by atoms with van der Waals surface area (Å²) < 4.78 is 0. The maximum atomic E-state index is 13.3. The van der Waals surface area contributed by atoms with E-state index >= 15 is 0 Å². The summed E-state index contributed by atoms with van der Waals surface area (Å²) in [6.45, 7) is 0.726. The first-order chi connectivity index (χ1) is 16.0. The van der Waals surface area contributed by atoms with Crippen LogP contribution in [0.4, 0.5) is 17.1 Å². The number of benzene rings is 3. The maximum Gasteiger partial charge on any atom is 0.251 e. The second kappa shape index (κ2) is 9.99. The summed E-state index contributed by atoms with van der Waals surface area (Å²) >= 11 is 0. The Hall–Kier alpha value is -4.13. The summed E-state index contributed by atoms with van der Waals surface area (Å²) in [4.78, 5) is 27.2. The zero-order valence-corrected chi connectivity index (χ0v) is 18.3. The van der Waals surface area contributed by atoms with Gasteiger partial charge in [-0.3, -0.25) is 15.0 Å². The van der Waals surface area contributed by atoms with Crippen LogP contribution in [-0.2, 0) is 9.59 Å². The Bertz CT molecular complexity index is 1140. The molecule has 2 amide bonds. The highest BCUT2D eigenvalue weighted by atomic mass is 16.2. The Balaban J connectivity index is 1.52. The standard InChI is InChI=1S/C26H27N5O2/c27-25(28)19-9-6-10-21(17-19)29-24(18-7-2-1-3-8-18)26(33)30-20-12-14-22(15-13-20)31-16-5-4-11-23(31)32/h1-3,6-10,12-15,17,24,29H,4-5,11,16H2,(H3,27,28)(H,30,33)/t24-/m0/s1. The van der Waals surface area contributed by atoms with Crippen molar-refractivity contribution >= 4 is 34.7 Å². The molecule has 4 rings (SSSR count). The van der Waals surface area contributed by atoms with E-state index in [0.29, 0.717) is 23.4 Å². The van der Waals surface area contributed by atoms with Crippen LogP contribution in [0.1, 0.15) is 36.4 Å². The molecule has 1 saturated heterocycles. The third-order valence-electron chi connectivity index (χ3n) is 5.65. The van der Waals surface area contributed by atoms with E-state index in [1.807, 2.05) is 60.7 Å². The number of hydrogen-bond acceptors (Lipinski definition) is 4. The van der Waals surface area contributed by atoms with E-state index in [0.717, 1.165) is 30.6 Å². The van der Waals surface area contributed by atoms with E-state index < -0.39 is 6.04 Å². The molecule has 0 unspecified atom stereocenters. The molecule has 7 nitrogen and oxygen atoms in total. The lowest BCUT2D eigenvalue weighted by molar-refractivity contribution is -0.119. The first-order valence-electron chi connectivity index (χ1n) is 11.0. The minimum absolute atomic E-state index is 0.0355. The SMILES string of the molecule is N=C(N)c1cccc(N[C@H](C(=O)Nc2ccc(N3CCCCC3=O)cc2)c2ccccc2)c1. The van der Waals surface area contributed by atoms with Crippen LogP contribution in [-0.4, -0.2) is 24.2 Å². The molecule has 3 aromatic carbocycles. The number of nitrogens with one attached hydrogen (secondary N) is 3. The van der Waals surface area contributed by atoms with Crippen LogP contribution in [0.3, 0.4) is 0 Å². The lowest BCUT2D eigenvalue weighted by Crippen LogP contribution is -2.35. The number of amides is 2. The molecule has 0 saturated carbocycles. The second-order valence-corrected chi connectivity index (χ2v) is 8.02. The highest BCUT2D eigenvalue weighted by Crippen LogP contribution is 2.25. The third kappa shape index (κ3) is 5.38. The first-order valence-corrected chi connectivity index (χ1v) is 11.0. The summed E-state index contributed by atoms with van der Waals surface area (Å²) in [5.41, 5.74) is 9.17. The molecule has 33 heavy (non-hydrogen) atoms. The molecule has 3 aromatic rings. The van der Waals surface area contributed by atoms with Crippen LogP contribution in [0.15, 0.2) is 78.9 Å². The van der Waals surface area contributed by atoms with Crippen molar-refractivity contribution in [2.45, 2.75) is 25.3 Å². The van der Waals surface area contributed by atoms with Crippen molar-refractivity contribution < 1.29 is 9.59 Å². The molecule has 1 aliphatic heterocycles. The van der Waals surface area contributed by atoms with Gasteiger partial charge in [-0.25, -0.2) is 0 Å². The molecule has 0 spiro atoms. The first kappa shape index (κ1) is 22.1. The molecular weight excluding hydrogens is 414 g/mol. The number of hydrogen-bond donors (Lipinski definition) is 4. The van der Waals surface area contributed by atoms with Gasteiger partial charge in [0.05, 0.1) is 0 Å². The lowest BCUT2D eigenvalue weighted by atomic mass is 10.0. The minimum atomic E-state index is -0.656. The molecule has 0 bridgehead atoms. The Labute approximate surface area is 193 Å². The van der Waals surface area contributed by atoms with Gasteiger partial charge in [-0.2, -0.15) is 0 Å². The van der Waals surface area contributed by atoms with Gasteiger partial charge in [0.1, 0.15) is 11.9 Å². The Morgan fingerprint density at radius 3 is 2.39 bits per heavy atom. The van der Waals surface area contributed by atoms with Crippen LogP contribution in [0.5, 0.6) is 0 Å². The number of nitrogen functional groups attached to an aromatic ring is 1. The van der Waals surface area contributed by atoms with E-state index in [9.17, 15) is 9.59 Å². The number of anilines is 3. The predicted molar refractivity (Wildman–Crippen MR) is 132 cm³/mol. The molecular formula is C26H27N5O2. The van der Waals surface area contributed by atoms with E-state index in [-0.39, 0.29) is 17.6 Å². The van der Waals surface area contributed by atoms with Crippen molar-refractivity contribution in [2.24, 2.45) is 5.73 Å². The topological polar surface area (TPSA) is 111 Å².